The minimum absolute atomic E-state index is 0.255. The van der Waals surface area contributed by atoms with Crippen molar-refractivity contribution in [2.75, 3.05) is 0 Å². The lowest BCUT2D eigenvalue weighted by Crippen LogP contribution is -1.96. The van der Waals surface area contributed by atoms with E-state index in [0.29, 0.717) is 16.0 Å². The van der Waals surface area contributed by atoms with Gasteiger partial charge in [0, 0.05) is 11.3 Å². The molecule has 2 nitrogen and oxygen atoms in total. The summed E-state index contributed by atoms with van der Waals surface area (Å²) >= 11 is 5.01. The van der Waals surface area contributed by atoms with E-state index in [1.807, 2.05) is 26.8 Å². The molecule has 0 bridgehead atoms. The molecule has 2 rings (SSSR count). The fraction of sp³-hybridized carbons (Fsp3) is 0.231. The number of aromatic amines is 1. The van der Waals surface area contributed by atoms with E-state index in [2.05, 4.69) is 9.97 Å². The van der Waals surface area contributed by atoms with Crippen molar-refractivity contribution >= 4 is 12.2 Å². The Labute approximate surface area is 105 Å². The van der Waals surface area contributed by atoms with Gasteiger partial charge in [0.15, 0.2) is 4.77 Å². The number of nitrogens with one attached hydrogen (secondary N) is 1. The van der Waals surface area contributed by atoms with Gasteiger partial charge in [-0.05, 0) is 56.2 Å². The van der Waals surface area contributed by atoms with Crippen LogP contribution >= 0.6 is 12.2 Å². The molecule has 0 atom stereocenters. The van der Waals surface area contributed by atoms with Gasteiger partial charge in [-0.1, -0.05) is 6.07 Å². The lowest BCUT2D eigenvalue weighted by atomic mass is 10.0. The average Bonchev–Trinajstić information content (AvgIpc) is 2.13. The van der Waals surface area contributed by atoms with Crippen LogP contribution in [0.2, 0.25) is 0 Å². The zero-order valence-electron chi connectivity index (χ0n) is 9.97. The fourth-order valence-electron chi connectivity index (χ4n) is 1.95. The number of benzene rings is 1. The second-order valence-electron chi connectivity index (χ2n) is 4.19. The van der Waals surface area contributed by atoms with Crippen LogP contribution in [0.15, 0.2) is 18.2 Å². The number of rotatable bonds is 1. The van der Waals surface area contributed by atoms with E-state index < -0.39 is 0 Å². The fourth-order valence-corrected chi connectivity index (χ4v) is 2.21. The van der Waals surface area contributed by atoms with E-state index in [0.717, 1.165) is 16.8 Å². The van der Waals surface area contributed by atoms with Crippen molar-refractivity contribution in [1.29, 1.82) is 0 Å². The maximum absolute atomic E-state index is 14.0. The first-order valence-electron chi connectivity index (χ1n) is 5.32. The molecule has 0 radical (unpaired) electrons. The van der Waals surface area contributed by atoms with Gasteiger partial charge in [-0.3, -0.25) is 0 Å². The van der Waals surface area contributed by atoms with Crippen LogP contribution in [-0.4, -0.2) is 9.97 Å². The van der Waals surface area contributed by atoms with Gasteiger partial charge in [0.2, 0.25) is 0 Å². The van der Waals surface area contributed by atoms with E-state index in [1.165, 1.54) is 6.07 Å². The molecular formula is C13H13FN2S. The smallest absolute Gasteiger partial charge is 0.197 e. The molecular weight excluding hydrogens is 235 g/mol. The standard InChI is InChI=1S/C13H13FN2S/c1-7-4-8(2)12(10(14)5-7)11-6-9(3)15-13(17)16-11/h4-6H,1-3H3,(H,15,16,17). The van der Waals surface area contributed by atoms with Crippen LogP contribution in [0.3, 0.4) is 0 Å². The molecule has 1 N–H and O–H groups in total. The number of aromatic nitrogens is 2. The third kappa shape index (κ3) is 2.42. The molecule has 0 spiro atoms. The quantitative estimate of drug-likeness (QED) is 0.776. The summed E-state index contributed by atoms with van der Waals surface area (Å²) in [4.78, 5) is 7.09. The highest BCUT2D eigenvalue weighted by atomic mass is 32.1. The number of hydrogen-bond donors (Lipinski definition) is 1. The third-order valence-electron chi connectivity index (χ3n) is 2.57. The van der Waals surface area contributed by atoms with Crippen molar-refractivity contribution in [2.45, 2.75) is 20.8 Å². The topological polar surface area (TPSA) is 28.7 Å². The number of hydrogen-bond acceptors (Lipinski definition) is 2. The second-order valence-corrected chi connectivity index (χ2v) is 4.58. The van der Waals surface area contributed by atoms with Crippen LogP contribution in [0.5, 0.6) is 0 Å². The predicted molar refractivity (Wildman–Crippen MR) is 69.0 cm³/mol. The zero-order valence-corrected chi connectivity index (χ0v) is 10.8. The lowest BCUT2D eigenvalue weighted by molar-refractivity contribution is 0.628. The molecule has 0 saturated heterocycles. The van der Waals surface area contributed by atoms with Crippen molar-refractivity contribution < 1.29 is 4.39 Å². The molecule has 0 amide bonds. The summed E-state index contributed by atoms with van der Waals surface area (Å²) in [6.07, 6.45) is 0. The first kappa shape index (κ1) is 11.9. The summed E-state index contributed by atoms with van der Waals surface area (Å²) in [6.45, 7) is 5.63. The maximum atomic E-state index is 14.0. The molecule has 17 heavy (non-hydrogen) atoms. The molecule has 0 saturated carbocycles. The van der Waals surface area contributed by atoms with Crippen molar-refractivity contribution in [3.63, 3.8) is 0 Å². The monoisotopic (exact) mass is 248 g/mol. The van der Waals surface area contributed by atoms with Gasteiger partial charge in [0.25, 0.3) is 0 Å². The molecule has 2 aromatic rings. The van der Waals surface area contributed by atoms with Gasteiger partial charge in [-0.15, -0.1) is 0 Å². The van der Waals surface area contributed by atoms with Crippen molar-refractivity contribution in [1.82, 2.24) is 9.97 Å². The van der Waals surface area contributed by atoms with E-state index in [1.54, 1.807) is 6.07 Å². The molecule has 0 aliphatic heterocycles. The lowest BCUT2D eigenvalue weighted by Gasteiger charge is -2.08. The zero-order chi connectivity index (χ0) is 12.6. The van der Waals surface area contributed by atoms with E-state index in [-0.39, 0.29) is 5.82 Å². The Hall–Kier alpha value is -1.55. The van der Waals surface area contributed by atoms with Crippen LogP contribution in [0.1, 0.15) is 16.8 Å². The maximum Gasteiger partial charge on any atom is 0.197 e. The molecule has 0 aliphatic rings. The Morgan fingerprint density at radius 2 is 1.88 bits per heavy atom. The summed E-state index contributed by atoms with van der Waals surface area (Å²) in [7, 11) is 0. The highest BCUT2D eigenvalue weighted by Gasteiger charge is 2.11. The molecule has 0 unspecified atom stereocenters. The van der Waals surface area contributed by atoms with Crippen LogP contribution in [0.4, 0.5) is 4.39 Å². The summed E-state index contributed by atoms with van der Waals surface area (Å²) < 4.78 is 14.4. The van der Waals surface area contributed by atoms with Crippen molar-refractivity contribution in [3.05, 3.63) is 45.6 Å². The Kier molecular flexibility index (Phi) is 3.07. The first-order valence-corrected chi connectivity index (χ1v) is 5.73. The predicted octanol–water partition coefficient (Wildman–Crippen LogP) is 3.87. The Bertz CT molecular complexity index is 609. The third-order valence-corrected chi connectivity index (χ3v) is 2.76. The molecule has 0 aliphatic carbocycles. The molecule has 1 aromatic heterocycles. The Morgan fingerprint density at radius 1 is 1.18 bits per heavy atom. The van der Waals surface area contributed by atoms with Crippen molar-refractivity contribution in [3.8, 4) is 11.3 Å². The van der Waals surface area contributed by atoms with Crippen LogP contribution in [0, 0.1) is 31.4 Å². The molecule has 1 heterocycles. The Balaban J connectivity index is 2.72. The minimum Gasteiger partial charge on any atom is -0.335 e. The number of halogens is 1. The highest BCUT2D eigenvalue weighted by Crippen LogP contribution is 2.26. The summed E-state index contributed by atoms with van der Waals surface area (Å²) in [5.41, 5.74) is 3.76. The van der Waals surface area contributed by atoms with Gasteiger partial charge in [0.05, 0.1) is 5.69 Å². The van der Waals surface area contributed by atoms with Gasteiger partial charge in [0.1, 0.15) is 5.82 Å². The normalized spacial score (nSPS) is 10.6. The summed E-state index contributed by atoms with van der Waals surface area (Å²) in [6, 6.07) is 5.25. The highest BCUT2D eigenvalue weighted by molar-refractivity contribution is 7.71. The number of H-pyrrole nitrogens is 1. The second kappa shape index (κ2) is 4.37. The first-order chi connectivity index (χ1) is 7.97. The van der Waals surface area contributed by atoms with Gasteiger partial charge < -0.3 is 4.98 Å². The Morgan fingerprint density at radius 3 is 2.47 bits per heavy atom. The summed E-state index contributed by atoms with van der Waals surface area (Å²) in [5, 5.41) is 0. The average molecular weight is 248 g/mol. The van der Waals surface area contributed by atoms with E-state index >= 15 is 0 Å². The van der Waals surface area contributed by atoms with E-state index in [9.17, 15) is 4.39 Å². The SMILES string of the molecule is Cc1cc(C)c(-c2cc(C)[nH]c(=S)n2)c(F)c1. The molecule has 4 heteroatoms. The largest absolute Gasteiger partial charge is 0.335 e. The van der Waals surface area contributed by atoms with Crippen molar-refractivity contribution in [2.24, 2.45) is 0 Å². The van der Waals surface area contributed by atoms with Gasteiger partial charge >= 0.3 is 0 Å². The van der Waals surface area contributed by atoms with Gasteiger partial charge in [-0.2, -0.15) is 0 Å². The number of nitrogens with zero attached hydrogens (tertiary/aromatic N) is 1. The summed E-state index contributed by atoms with van der Waals surface area (Å²) in [5.74, 6) is -0.255. The van der Waals surface area contributed by atoms with E-state index in [4.69, 9.17) is 12.2 Å². The van der Waals surface area contributed by atoms with Crippen LogP contribution < -0.4 is 0 Å². The van der Waals surface area contributed by atoms with Crippen LogP contribution in [-0.2, 0) is 0 Å². The van der Waals surface area contributed by atoms with Gasteiger partial charge in [-0.25, -0.2) is 9.37 Å². The minimum atomic E-state index is -0.255. The molecule has 0 fully saturated rings. The number of aryl methyl sites for hydroxylation is 3. The molecule has 1 aromatic carbocycles. The van der Waals surface area contributed by atoms with Crippen LogP contribution in [0.25, 0.3) is 11.3 Å². The molecule has 88 valence electrons.